The molecular weight excluding hydrogens is 376 g/mol. The fraction of sp³-hybridized carbons (Fsp3) is 1.00. The van der Waals surface area contributed by atoms with Crippen LogP contribution in [0.15, 0.2) is 0 Å². The first kappa shape index (κ1) is 21.5. The van der Waals surface area contributed by atoms with E-state index >= 15 is 0 Å². The largest absolute Gasteiger partial charge is 0.375 e. The van der Waals surface area contributed by atoms with Crippen molar-refractivity contribution in [2.45, 2.75) is 125 Å². The fourth-order valence-electron chi connectivity index (χ4n) is 12.5. The van der Waals surface area contributed by atoms with Crippen LogP contribution >= 0.6 is 0 Å². The van der Waals surface area contributed by atoms with Crippen LogP contribution in [-0.4, -0.2) is 12.2 Å². The Bertz CT molecular complexity index is 766. The molecule has 0 aromatic heterocycles. The Morgan fingerprint density at radius 3 is 2.00 bits per heavy atom. The summed E-state index contributed by atoms with van der Waals surface area (Å²) in [6, 6.07) is 0. The molecule has 6 aliphatic rings. The van der Waals surface area contributed by atoms with E-state index in [4.69, 9.17) is 4.74 Å². The van der Waals surface area contributed by atoms with Crippen molar-refractivity contribution in [3.05, 3.63) is 0 Å². The Kier molecular flexibility index (Phi) is 4.26. The summed E-state index contributed by atoms with van der Waals surface area (Å²) >= 11 is 0. The van der Waals surface area contributed by atoms with E-state index in [0.29, 0.717) is 27.1 Å². The summed E-state index contributed by atoms with van der Waals surface area (Å²) in [6.45, 7) is 19.4. The van der Waals surface area contributed by atoms with Gasteiger partial charge in [0.1, 0.15) is 0 Å². The highest BCUT2D eigenvalue weighted by Gasteiger charge is 2.72. The third kappa shape index (κ3) is 2.39. The highest BCUT2D eigenvalue weighted by molar-refractivity contribution is 5.21. The van der Waals surface area contributed by atoms with Crippen LogP contribution in [0.1, 0.15) is 119 Å². The molecule has 0 radical (unpaired) electrons. The van der Waals surface area contributed by atoms with Gasteiger partial charge in [-0.2, -0.15) is 0 Å². The van der Waals surface area contributed by atoms with Crippen LogP contribution in [0.5, 0.6) is 0 Å². The van der Waals surface area contributed by atoms with Crippen LogP contribution in [0.4, 0.5) is 0 Å². The molecule has 0 N–H and O–H groups in total. The van der Waals surface area contributed by atoms with Crippen LogP contribution in [0.25, 0.3) is 0 Å². The zero-order valence-corrected chi connectivity index (χ0v) is 21.8. The summed E-state index contributed by atoms with van der Waals surface area (Å²) in [4.78, 5) is 0. The molecule has 0 spiro atoms. The van der Waals surface area contributed by atoms with Gasteiger partial charge in [-0.1, -0.05) is 41.0 Å². The van der Waals surface area contributed by atoms with E-state index in [1.807, 2.05) is 0 Å². The van der Waals surface area contributed by atoms with Crippen LogP contribution in [0.2, 0.25) is 0 Å². The molecule has 1 nitrogen and oxygen atoms in total. The number of hydrogen-bond donors (Lipinski definition) is 0. The van der Waals surface area contributed by atoms with E-state index in [1.54, 1.807) is 0 Å². The van der Waals surface area contributed by atoms with Crippen molar-refractivity contribution in [3.8, 4) is 0 Å². The van der Waals surface area contributed by atoms with Crippen LogP contribution in [0, 0.1) is 56.7 Å². The van der Waals surface area contributed by atoms with Gasteiger partial charge >= 0.3 is 0 Å². The molecule has 0 aromatic carbocycles. The molecule has 1 heterocycles. The third-order valence-corrected chi connectivity index (χ3v) is 14.0. The maximum Gasteiger partial charge on any atom is 0.0657 e. The Labute approximate surface area is 192 Å². The van der Waals surface area contributed by atoms with Gasteiger partial charge in [-0.25, -0.2) is 0 Å². The maximum absolute atomic E-state index is 6.71. The molecule has 5 aliphatic carbocycles. The topological polar surface area (TPSA) is 9.23 Å². The molecule has 1 heteroatoms. The lowest BCUT2D eigenvalue weighted by molar-refractivity contribution is -0.272. The maximum atomic E-state index is 6.71. The second-order valence-corrected chi connectivity index (χ2v) is 15.4. The highest BCUT2D eigenvalue weighted by Crippen LogP contribution is 2.78. The first-order chi connectivity index (χ1) is 14.4. The van der Waals surface area contributed by atoms with Crippen molar-refractivity contribution in [3.63, 3.8) is 0 Å². The van der Waals surface area contributed by atoms with Crippen molar-refractivity contribution in [1.29, 1.82) is 0 Å². The van der Waals surface area contributed by atoms with Gasteiger partial charge in [-0.05, 0) is 129 Å². The predicted molar refractivity (Wildman–Crippen MR) is 129 cm³/mol. The van der Waals surface area contributed by atoms with Crippen molar-refractivity contribution < 1.29 is 4.74 Å². The van der Waals surface area contributed by atoms with E-state index in [9.17, 15) is 0 Å². The molecule has 31 heavy (non-hydrogen) atoms. The van der Waals surface area contributed by atoms with Crippen molar-refractivity contribution in [1.82, 2.24) is 0 Å². The molecular formula is C30H50O. The number of ether oxygens (including phenoxy) is 1. The van der Waals surface area contributed by atoms with Gasteiger partial charge in [-0.15, -0.1) is 0 Å². The van der Waals surface area contributed by atoms with E-state index < -0.39 is 0 Å². The molecule has 6 fully saturated rings. The van der Waals surface area contributed by atoms with Crippen molar-refractivity contribution in [2.24, 2.45) is 56.7 Å². The van der Waals surface area contributed by atoms with Gasteiger partial charge in [0.25, 0.3) is 0 Å². The summed E-state index contributed by atoms with van der Waals surface area (Å²) in [5, 5.41) is 0. The number of rotatable bonds is 0. The first-order valence-electron chi connectivity index (χ1n) is 14.0. The van der Waals surface area contributed by atoms with Gasteiger partial charge in [0, 0.05) is 5.41 Å². The normalized spacial score (nSPS) is 59.1. The summed E-state index contributed by atoms with van der Waals surface area (Å²) < 4.78 is 6.71. The summed E-state index contributed by atoms with van der Waals surface area (Å²) in [6.07, 6.45) is 16.2. The SMILES string of the molecule is CC1(C)OC[C@]23CCC1C2CC[C@]1(C)[C@@H]3CC[C@@H]2[C@@]3(C)CCCC(C)(C)[C@@H]3CC[C@]21C. The number of fused-ring (bicyclic) bond motifs is 5. The van der Waals surface area contributed by atoms with Gasteiger partial charge in [0.05, 0.1) is 12.2 Å². The summed E-state index contributed by atoms with van der Waals surface area (Å²) in [5.74, 6) is 4.53. The lowest BCUT2D eigenvalue weighted by Crippen LogP contribution is -2.68. The van der Waals surface area contributed by atoms with E-state index in [1.165, 1.54) is 70.6 Å². The second kappa shape index (κ2) is 6.14. The van der Waals surface area contributed by atoms with Gasteiger partial charge in [0.2, 0.25) is 0 Å². The van der Waals surface area contributed by atoms with Gasteiger partial charge < -0.3 is 4.74 Å². The summed E-state index contributed by atoms with van der Waals surface area (Å²) in [7, 11) is 0. The zero-order chi connectivity index (χ0) is 22.1. The Hall–Kier alpha value is -0.0400. The minimum atomic E-state index is 0.110. The van der Waals surface area contributed by atoms with Crippen LogP contribution < -0.4 is 0 Å². The molecule has 5 saturated carbocycles. The minimum absolute atomic E-state index is 0.110. The minimum Gasteiger partial charge on any atom is -0.375 e. The average molecular weight is 427 g/mol. The van der Waals surface area contributed by atoms with E-state index in [0.717, 1.165) is 36.2 Å². The van der Waals surface area contributed by atoms with Gasteiger partial charge in [-0.3, -0.25) is 0 Å². The molecule has 0 aromatic rings. The van der Waals surface area contributed by atoms with Crippen LogP contribution in [0.3, 0.4) is 0 Å². The molecule has 1 aliphatic heterocycles. The summed E-state index contributed by atoms with van der Waals surface area (Å²) in [5.41, 5.74) is 2.77. The second-order valence-electron chi connectivity index (χ2n) is 15.4. The lowest BCUT2D eigenvalue weighted by atomic mass is 9.31. The van der Waals surface area contributed by atoms with E-state index in [-0.39, 0.29) is 5.60 Å². The third-order valence-electron chi connectivity index (χ3n) is 14.0. The van der Waals surface area contributed by atoms with Crippen molar-refractivity contribution >= 4 is 0 Å². The fourth-order valence-corrected chi connectivity index (χ4v) is 12.5. The first-order valence-corrected chi connectivity index (χ1v) is 14.0. The molecule has 9 atom stereocenters. The van der Waals surface area contributed by atoms with E-state index in [2.05, 4.69) is 48.5 Å². The zero-order valence-electron chi connectivity index (χ0n) is 21.8. The molecule has 176 valence electrons. The molecule has 0 amide bonds. The molecule has 6 rings (SSSR count). The Balaban J connectivity index is 1.39. The monoisotopic (exact) mass is 426 g/mol. The number of hydrogen-bond acceptors (Lipinski definition) is 1. The highest BCUT2D eigenvalue weighted by atomic mass is 16.5. The Morgan fingerprint density at radius 2 is 1.23 bits per heavy atom. The van der Waals surface area contributed by atoms with Crippen molar-refractivity contribution in [2.75, 3.05) is 6.61 Å². The van der Waals surface area contributed by atoms with Gasteiger partial charge in [0.15, 0.2) is 0 Å². The van der Waals surface area contributed by atoms with Crippen LogP contribution in [-0.2, 0) is 4.74 Å². The molecule has 1 saturated heterocycles. The molecule has 2 bridgehead atoms. The predicted octanol–water partition coefficient (Wildman–Crippen LogP) is 8.27. The average Bonchev–Trinajstić information content (AvgIpc) is 3.00. The Morgan fingerprint density at radius 1 is 0.581 bits per heavy atom. The molecule has 2 unspecified atom stereocenters. The smallest absolute Gasteiger partial charge is 0.0657 e. The standard InChI is InChI=1S/C30H50O/c1-25(2)14-8-15-27(5)22(25)13-17-28(6)23(27)9-10-24-29(28,7)16-11-21-20-12-18-30(21,24)19-31-26(20,3)4/h20-24H,8-19H2,1-7H3/t20?,21?,22-,23+,24-,27-,28+,29+,30+/m0/s1. The quantitative estimate of drug-likeness (QED) is 0.379. The lowest BCUT2D eigenvalue weighted by Gasteiger charge is -2.73.